The number of hydrogen-bond donors (Lipinski definition) is 1. The molecule has 0 amide bonds. The molecule has 1 aliphatic heterocycles. The lowest BCUT2D eigenvalue weighted by Gasteiger charge is -2.18. The number of carbonyl (C=O) groups is 1. The average Bonchev–Trinajstić information content (AvgIpc) is 2.83. The minimum Gasteiger partial charge on any atom is -0.486 e. The van der Waals surface area contributed by atoms with Crippen LogP contribution in [0.4, 0.5) is 0 Å². The molecule has 0 fully saturated rings. The second-order valence-electron chi connectivity index (χ2n) is 5.01. The van der Waals surface area contributed by atoms with E-state index < -0.39 is 0 Å². The van der Waals surface area contributed by atoms with Crippen LogP contribution in [0.25, 0.3) is 0 Å². The van der Waals surface area contributed by atoms with Gasteiger partial charge in [0.1, 0.15) is 13.2 Å². The molecule has 110 valence electrons. The van der Waals surface area contributed by atoms with E-state index in [1.165, 1.54) is 11.8 Å². The largest absolute Gasteiger partial charge is 0.486 e. The Labute approximate surface area is 127 Å². The Balaban J connectivity index is 1.67. The first-order valence-corrected chi connectivity index (χ1v) is 7.84. The molecule has 2 aromatic rings. The highest BCUT2D eigenvalue weighted by molar-refractivity contribution is 8.00. The van der Waals surface area contributed by atoms with Crippen LogP contribution in [0.5, 0.6) is 11.5 Å². The van der Waals surface area contributed by atoms with Gasteiger partial charge in [0, 0.05) is 21.8 Å². The molecule has 2 heterocycles. The minimum absolute atomic E-state index is 0.136. The second kappa shape index (κ2) is 5.85. The molecule has 1 aromatic carbocycles. The van der Waals surface area contributed by atoms with Gasteiger partial charge < -0.3 is 14.5 Å². The van der Waals surface area contributed by atoms with Crippen molar-refractivity contribution in [3.05, 3.63) is 41.2 Å². The fourth-order valence-corrected chi connectivity index (χ4v) is 3.16. The molecular formula is C16H17NO3S. The molecule has 0 unspecified atom stereocenters. The number of ketones is 1. The van der Waals surface area contributed by atoms with E-state index in [0.29, 0.717) is 19.0 Å². The summed E-state index contributed by atoms with van der Waals surface area (Å²) in [6.07, 6.45) is 0. The Kier molecular flexibility index (Phi) is 3.92. The zero-order chi connectivity index (χ0) is 14.8. The van der Waals surface area contributed by atoms with Crippen molar-refractivity contribution in [2.45, 2.75) is 18.7 Å². The number of thioether (sulfide) groups is 1. The van der Waals surface area contributed by atoms with Crippen LogP contribution in [-0.2, 0) is 0 Å². The molecule has 0 atom stereocenters. The molecular weight excluding hydrogens is 286 g/mol. The third-order valence-corrected chi connectivity index (χ3v) is 4.33. The topological polar surface area (TPSA) is 51.3 Å². The molecule has 1 aliphatic rings. The number of Topliss-reactive ketones (excluding diaryl/α,β-unsaturated/α-hetero) is 1. The van der Waals surface area contributed by atoms with Gasteiger partial charge in [-0.15, -0.1) is 11.8 Å². The lowest BCUT2D eigenvalue weighted by molar-refractivity contribution is 0.102. The van der Waals surface area contributed by atoms with Crippen molar-refractivity contribution in [1.82, 2.24) is 4.98 Å². The van der Waals surface area contributed by atoms with Gasteiger partial charge in [0.15, 0.2) is 17.3 Å². The van der Waals surface area contributed by atoms with Crippen molar-refractivity contribution in [2.24, 2.45) is 0 Å². The Morgan fingerprint density at radius 3 is 2.67 bits per heavy atom. The number of aromatic amines is 1. The lowest BCUT2D eigenvalue weighted by atomic mass is 10.2. The molecule has 0 aliphatic carbocycles. The van der Waals surface area contributed by atoms with E-state index in [9.17, 15) is 4.79 Å². The van der Waals surface area contributed by atoms with E-state index in [1.807, 2.05) is 38.1 Å². The highest BCUT2D eigenvalue weighted by Crippen LogP contribution is 2.34. The monoisotopic (exact) mass is 303 g/mol. The maximum atomic E-state index is 12.2. The third-order valence-electron chi connectivity index (χ3n) is 3.33. The van der Waals surface area contributed by atoms with Crippen LogP contribution in [0.15, 0.2) is 29.2 Å². The predicted molar refractivity (Wildman–Crippen MR) is 82.8 cm³/mol. The third kappa shape index (κ3) is 3.08. The molecule has 0 saturated carbocycles. The van der Waals surface area contributed by atoms with Crippen LogP contribution in [0.1, 0.15) is 21.7 Å². The summed E-state index contributed by atoms with van der Waals surface area (Å²) in [5, 5.41) is 0. The number of ether oxygens (including phenoxy) is 2. The first-order chi connectivity index (χ1) is 10.1. The summed E-state index contributed by atoms with van der Waals surface area (Å²) in [5.41, 5.74) is 2.72. The van der Waals surface area contributed by atoms with Crippen molar-refractivity contribution >= 4 is 17.5 Å². The second-order valence-corrected chi connectivity index (χ2v) is 6.06. The summed E-state index contributed by atoms with van der Waals surface area (Å²) in [5.74, 6) is 2.08. The highest BCUT2D eigenvalue weighted by Gasteiger charge is 2.14. The molecule has 4 nitrogen and oxygen atoms in total. The minimum atomic E-state index is 0.136. The Morgan fingerprint density at radius 2 is 1.95 bits per heavy atom. The number of hydrogen-bond acceptors (Lipinski definition) is 4. The van der Waals surface area contributed by atoms with E-state index in [1.54, 1.807) is 0 Å². The van der Waals surface area contributed by atoms with Crippen LogP contribution in [-0.4, -0.2) is 29.7 Å². The number of aromatic nitrogens is 1. The van der Waals surface area contributed by atoms with Crippen molar-refractivity contribution in [2.75, 3.05) is 19.0 Å². The van der Waals surface area contributed by atoms with Gasteiger partial charge >= 0.3 is 0 Å². The van der Waals surface area contributed by atoms with Crippen molar-refractivity contribution in [3.63, 3.8) is 0 Å². The van der Waals surface area contributed by atoms with E-state index in [0.717, 1.165) is 33.3 Å². The summed E-state index contributed by atoms with van der Waals surface area (Å²) >= 11 is 1.52. The molecule has 0 radical (unpaired) electrons. The highest BCUT2D eigenvalue weighted by atomic mass is 32.2. The molecule has 0 spiro atoms. The summed E-state index contributed by atoms with van der Waals surface area (Å²) in [4.78, 5) is 16.4. The van der Waals surface area contributed by atoms with E-state index in [2.05, 4.69) is 4.98 Å². The van der Waals surface area contributed by atoms with Crippen molar-refractivity contribution in [3.8, 4) is 11.5 Å². The number of fused-ring (bicyclic) bond motifs is 1. The van der Waals surface area contributed by atoms with Gasteiger partial charge in [-0.25, -0.2) is 0 Å². The summed E-state index contributed by atoms with van der Waals surface area (Å²) in [6.45, 7) is 5.04. The summed E-state index contributed by atoms with van der Waals surface area (Å²) < 4.78 is 11.0. The lowest BCUT2D eigenvalue weighted by Crippen LogP contribution is -2.15. The smallest absolute Gasteiger partial charge is 0.174 e. The first-order valence-electron chi connectivity index (χ1n) is 6.85. The molecule has 5 heteroatoms. The van der Waals surface area contributed by atoms with Gasteiger partial charge in [0.2, 0.25) is 0 Å². The first kappa shape index (κ1) is 14.1. The Bertz CT molecular complexity index is 678. The number of carbonyl (C=O) groups excluding carboxylic acids is 1. The maximum absolute atomic E-state index is 12.2. The Morgan fingerprint density at radius 1 is 1.19 bits per heavy atom. The fourth-order valence-electron chi connectivity index (χ4n) is 2.35. The summed E-state index contributed by atoms with van der Waals surface area (Å²) in [6, 6.07) is 7.69. The van der Waals surface area contributed by atoms with E-state index >= 15 is 0 Å². The average molecular weight is 303 g/mol. The zero-order valence-electron chi connectivity index (χ0n) is 12.1. The van der Waals surface area contributed by atoms with Gasteiger partial charge in [-0.2, -0.15) is 0 Å². The Hall–Kier alpha value is -1.88. The number of nitrogens with one attached hydrogen (secondary N) is 1. The zero-order valence-corrected chi connectivity index (χ0v) is 12.9. The number of rotatable bonds is 4. The number of benzene rings is 1. The quantitative estimate of drug-likeness (QED) is 0.695. The van der Waals surface area contributed by atoms with E-state index in [-0.39, 0.29) is 5.78 Å². The summed E-state index contributed by atoms with van der Waals surface area (Å²) in [7, 11) is 0. The van der Waals surface area contributed by atoms with Gasteiger partial charge in [-0.05, 0) is 38.1 Å². The van der Waals surface area contributed by atoms with Crippen LogP contribution in [0.2, 0.25) is 0 Å². The van der Waals surface area contributed by atoms with Crippen LogP contribution >= 0.6 is 11.8 Å². The molecule has 0 saturated heterocycles. The predicted octanol–water partition coefficient (Wildman–Crippen LogP) is 3.38. The molecule has 21 heavy (non-hydrogen) atoms. The van der Waals surface area contributed by atoms with Crippen molar-refractivity contribution < 1.29 is 14.3 Å². The van der Waals surface area contributed by atoms with Crippen LogP contribution in [0, 0.1) is 13.8 Å². The normalized spacial score (nSPS) is 13.2. The number of aryl methyl sites for hydroxylation is 2. The SMILES string of the molecule is Cc1cc(C(=O)CSc2ccc3c(c2)OCCO3)c(C)[nH]1. The standard InChI is InChI=1S/C16H17NO3S/c1-10-7-13(11(2)17-10)14(18)9-21-12-3-4-15-16(8-12)20-6-5-19-15/h3-4,7-8,17H,5-6,9H2,1-2H3. The van der Waals surface area contributed by atoms with Gasteiger partial charge in [0.25, 0.3) is 0 Å². The fraction of sp³-hybridized carbons (Fsp3) is 0.312. The molecule has 1 aromatic heterocycles. The maximum Gasteiger partial charge on any atom is 0.174 e. The van der Waals surface area contributed by atoms with Gasteiger partial charge in [-0.1, -0.05) is 0 Å². The molecule has 0 bridgehead atoms. The number of H-pyrrole nitrogens is 1. The van der Waals surface area contributed by atoms with Crippen molar-refractivity contribution in [1.29, 1.82) is 0 Å². The van der Waals surface area contributed by atoms with Gasteiger partial charge in [0.05, 0.1) is 5.75 Å². The van der Waals surface area contributed by atoms with Crippen LogP contribution < -0.4 is 9.47 Å². The van der Waals surface area contributed by atoms with Crippen LogP contribution in [0.3, 0.4) is 0 Å². The molecule has 3 rings (SSSR count). The molecule has 1 N–H and O–H groups in total. The van der Waals surface area contributed by atoms with Gasteiger partial charge in [-0.3, -0.25) is 4.79 Å². The van der Waals surface area contributed by atoms with E-state index in [4.69, 9.17) is 9.47 Å².